The summed E-state index contributed by atoms with van der Waals surface area (Å²) in [5.41, 5.74) is 0.0912. The molecule has 0 spiro atoms. The van der Waals surface area contributed by atoms with Gasteiger partial charge in [0.05, 0.1) is 27.4 Å². The van der Waals surface area contributed by atoms with Crippen molar-refractivity contribution in [1.82, 2.24) is 20.4 Å². The average molecular weight is 842 g/mol. The number of carbonyl (C=O) groups excluding carboxylic acids is 5. The van der Waals surface area contributed by atoms with Crippen LogP contribution in [0.3, 0.4) is 0 Å². The van der Waals surface area contributed by atoms with Gasteiger partial charge in [0, 0.05) is 85.9 Å². The first-order valence-corrected chi connectivity index (χ1v) is 20.6. The van der Waals surface area contributed by atoms with E-state index in [2.05, 4.69) is 54.2 Å². The monoisotopic (exact) mass is 841 g/mol. The highest BCUT2D eigenvalue weighted by Gasteiger charge is 2.64. The van der Waals surface area contributed by atoms with Gasteiger partial charge in [-0.3, -0.25) is 39.1 Å². The van der Waals surface area contributed by atoms with Gasteiger partial charge in [-0.25, -0.2) is 8.78 Å². The SMILES string of the molecule is CC1(C)C(NC(=O)c2ccc(N3CCN(C4CCN(c5cc6c(c(F)c5F)C(=O)N(C5CCC(=O)NC5=O)C6=O)CC4)CC3)cc2)C(C)(C)C1Oc1ccc(C#N)c(Cl)c1. The Balaban J connectivity index is 0.832. The van der Waals surface area contributed by atoms with Crippen LogP contribution in [0.4, 0.5) is 20.2 Å². The minimum Gasteiger partial charge on any atom is -0.489 e. The Morgan fingerprint density at radius 3 is 2.15 bits per heavy atom. The van der Waals surface area contributed by atoms with Crippen LogP contribution in [-0.2, 0) is 9.59 Å². The van der Waals surface area contributed by atoms with E-state index < -0.39 is 57.7 Å². The summed E-state index contributed by atoms with van der Waals surface area (Å²) in [6.07, 6.45) is 0.982. The normalized spacial score (nSPS) is 24.1. The molecular weight excluding hydrogens is 796 g/mol. The number of amides is 5. The van der Waals surface area contributed by atoms with Crippen LogP contribution < -0.4 is 25.2 Å². The van der Waals surface area contributed by atoms with Gasteiger partial charge in [-0.2, -0.15) is 5.26 Å². The van der Waals surface area contributed by atoms with Gasteiger partial charge >= 0.3 is 0 Å². The summed E-state index contributed by atoms with van der Waals surface area (Å²) in [6.45, 7) is 12.2. The molecule has 4 heterocycles. The Hall–Kier alpha value is -5.59. The molecule has 1 saturated carbocycles. The van der Waals surface area contributed by atoms with Gasteiger partial charge in [0.25, 0.3) is 17.7 Å². The Bertz CT molecular complexity index is 2320. The van der Waals surface area contributed by atoms with Gasteiger partial charge in [0.1, 0.15) is 24.0 Å². The van der Waals surface area contributed by atoms with Crippen LogP contribution in [0.2, 0.25) is 5.02 Å². The first-order valence-electron chi connectivity index (χ1n) is 20.3. The number of nitriles is 1. The van der Waals surface area contributed by atoms with E-state index in [-0.39, 0.29) is 48.2 Å². The lowest BCUT2D eigenvalue weighted by Gasteiger charge is -2.63. The van der Waals surface area contributed by atoms with Crippen molar-refractivity contribution in [1.29, 1.82) is 5.26 Å². The van der Waals surface area contributed by atoms with Crippen LogP contribution in [0.5, 0.6) is 5.75 Å². The molecule has 1 atom stereocenters. The zero-order chi connectivity index (χ0) is 42.8. The summed E-state index contributed by atoms with van der Waals surface area (Å²) in [5.74, 6) is -5.54. The molecule has 3 aromatic carbocycles. The van der Waals surface area contributed by atoms with Crippen LogP contribution in [0.15, 0.2) is 48.5 Å². The molecule has 0 bridgehead atoms. The van der Waals surface area contributed by atoms with Gasteiger partial charge in [0.2, 0.25) is 11.8 Å². The molecule has 314 valence electrons. The predicted octanol–water partition coefficient (Wildman–Crippen LogP) is 5.29. The third-order valence-electron chi connectivity index (χ3n) is 13.2. The molecule has 2 N–H and O–H groups in total. The van der Waals surface area contributed by atoms with Crippen LogP contribution in [-0.4, -0.2) is 103 Å². The Labute approximate surface area is 351 Å². The summed E-state index contributed by atoms with van der Waals surface area (Å²) < 4.78 is 37.4. The van der Waals surface area contributed by atoms with E-state index in [1.165, 1.54) is 6.07 Å². The number of carbonyl (C=O) groups is 5. The number of ether oxygens (including phenoxy) is 1. The maximum Gasteiger partial charge on any atom is 0.265 e. The molecule has 16 heteroatoms. The fourth-order valence-electron chi connectivity index (χ4n) is 10.2. The lowest BCUT2D eigenvalue weighted by atomic mass is 9.49. The van der Waals surface area contributed by atoms with Crippen molar-refractivity contribution in [3.05, 3.63) is 87.4 Å². The lowest BCUT2D eigenvalue weighted by Crippen LogP contribution is -2.74. The smallest absolute Gasteiger partial charge is 0.265 e. The fraction of sp³-hybridized carbons (Fsp3) is 0.455. The number of nitrogens with one attached hydrogen (secondary N) is 2. The molecule has 5 amide bonds. The number of hydrogen-bond acceptors (Lipinski definition) is 10. The Morgan fingerprint density at radius 1 is 0.867 bits per heavy atom. The average Bonchev–Trinajstić information content (AvgIpc) is 3.48. The number of benzene rings is 3. The number of fused-ring (bicyclic) bond motifs is 1. The van der Waals surface area contributed by atoms with E-state index in [0.29, 0.717) is 52.7 Å². The van der Waals surface area contributed by atoms with E-state index in [1.54, 1.807) is 23.1 Å². The van der Waals surface area contributed by atoms with Crippen molar-refractivity contribution in [2.75, 3.05) is 49.1 Å². The van der Waals surface area contributed by atoms with E-state index in [0.717, 1.165) is 31.9 Å². The third-order valence-corrected chi connectivity index (χ3v) is 13.5. The summed E-state index contributed by atoms with van der Waals surface area (Å²) in [4.78, 5) is 71.0. The van der Waals surface area contributed by atoms with Gasteiger partial charge in [-0.15, -0.1) is 0 Å². The Kier molecular flexibility index (Phi) is 10.6. The molecule has 4 fully saturated rings. The largest absolute Gasteiger partial charge is 0.489 e. The summed E-state index contributed by atoms with van der Waals surface area (Å²) >= 11 is 6.24. The number of halogens is 3. The van der Waals surface area contributed by atoms with Crippen LogP contribution >= 0.6 is 11.6 Å². The maximum absolute atomic E-state index is 15.5. The van der Waals surface area contributed by atoms with Gasteiger partial charge < -0.3 is 19.9 Å². The molecule has 0 aromatic heterocycles. The highest BCUT2D eigenvalue weighted by Crippen LogP contribution is 2.55. The lowest BCUT2D eigenvalue weighted by molar-refractivity contribution is -0.164. The van der Waals surface area contributed by atoms with E-state index >= 15 is 8.78 Å². The second kappa shape index (κ2) is 15.5. The second-order valence-electron chi connectivity index (χ2n) is 17.5. The molecule has 1 aliphatic carbocycles. The van der Waals surface area contributed by atoms with Crippen molar-refractivity contribution < 1.29 is 37.5 Å². The van der Waals surface area contributed by atoms with Crippen molar-refractivity contribution >= 4 is 52.5 Å². The topological polar surface area (TPSA) is 155 Å². The number of nitrogens with zero attached hydrogens (tertiary/aromatic N) is 5. The maximum atomic E-state index is 15.5. The molecule has 13 nitrogen and oxygen atoms in total. The van der Waals surface area contributed by atoms with E-state index in [1.807, 2.05) is 24.3 Å². The van der Waals surface area contributed by atoms with Crippen molar-refractivity contribution in [3.63, 3.8) is 0 Å². The number of piperidine rings is 2. The van der Waals surface area contributed by atoms with E-state index in [9.17, 15) is 29.2 Å². The standard InChI is InChI=1S/C44H46ClF2N7O6/c1-43(2)41(44(3,4)42(43)60-28-10-7-25(23-48)30(45)21-28)50-37(56)24-5-8-26(9-6-24)51-17-19-52(20-18-51)27-13-15-53(16-14-27)32-22-29-34(36(47)35(32)46)40(59)54(39(29)58)31-11-12-33(55)49-38(31)57/h5-10,21-22,27,31,41-42H,11-20H2,1-4H3,(H,50,56)(H,49,55,57). The number of hydrogen-bond donors (Lipinski definition) is 2. The summed E-state index contributed by atoms with van der Waals surface area (Å²) in [7, 11) is 0. The van der Waals surface area contributed by atoms with Gasteiger partial charge in [0.15, 0.2) is 11.6 Å². The highest BCUT2D eigenvalue weighted by atomic mass is 35.5. The third kappa shape index (κ3) is 7.03. The number of piperazine rings is 1. The van der Waals surface area contributed by atoms with Crippen LogP contribution in [0.1, 0.15) is 90.0 Å². The molecule has 1 unspecified atom stereocenters. The van der Waals surface area contributed by atoms with Crippen molar-refractivity contribution in [2.24, 2.45) is 10.8 Å². The van der Waals surface area contributed by atoms with Gasteiger partial charge in [-0.05, 0) is 61.7 Å². The molecule has 8 rings (SSSR count). The molecule has 4 aliphatic heterocycles. The van der Waals surface area contributed by atoms with Crippen molar-refractivity contribution in [2.45, 2.75) is 77.6 Å². The van der Waals surface area contributed by atoms with Crippen LogP contribution in [0.25, 0.3) is 0 Å². The molecular formula is C44H46ClF2N7O6. The molecule has 60 heavy (non-hydrogen) atoms. The Morgan fingerprint density at radius 2 is 1.53 bits per heavy atom. The van der Waals surface area contributed by atoms with Gasteiger partial charge in [-0.1, -0.05) is 39.3 Å². The fourth-order valence-corrected chi connectivity index (χ4v) is 10.4. The molecule has 5 aliphatic rings. The summed E-state index contributed by atoms with van der Waals surface area (Å²) in [6, 6.07) is 14.7. The zero-order valence-electron chi connectivity index (χ0n) is 33.8. The molecule has 3 saturated heterocycles. The number of imide groups is 2. The molecule has 0 radical (unpaired) electrons. The zero-order valence-corrected chi connectivity index (χ0v) is 34.6. The summed E-state index contributed by atoms with van der Waals surface area (Å²) in [5, 5.41) is 14.9. The highest BCUT2D eigenvalue weighted by molar-refractivity contribution is 6.31. The first kappa shape index (κ1) is 41.2. The van der Waals surface area contributed by atoms with Crippen molar-refractivity contribution in [3.8, 4) is 11.8 Å². The second-order valence-corrected chi connectivity index (χ2v) is 17.9. The minimum atomic E-state index is -1.42. The first-order chi connectivity index (χ1) is 28.5. The van der Waals surface area contributed by atoms with Crippen LogP contribution in [0, 0.1) is 33.8 Å². The van der Waals surface area contributed by atoms with E-state index in [4.69, 9.17) is 16.3 Å². The number of anilines is 2. The predicted molar refractivity (Wildman–Crippen MR) is 218 cm³/mol. The quantitative estimate of drug-likeness (QED) is 0.286. The number of rotatable bonds is 8. The molecule has 3 aromatic rings. The minimum absolute atomic E-state index is 0.0819.